The van der Waals surface area contributed by atoms with Gasteiger partial charge in [-0.1, -0.05) is 12.1 Å². The lowest BCUT2D eigenvalue weighted by atomic mass is 10.1. The highest BCUT2D eigenvalue weighted by Gasteiger charge is 2.14. The Hall–Kier alpha value is -2.78. The molecule has 0 aliphatic carbocycles. The third-order valence-corrected chi connectivity index (χ3v) is 5.75. The number of rotatable bonds is 9. The molecule has 2 amide bonds. The third-order valence-electron chi connectivity index (χ3n) is 4.27. The van der Waals surface area contributed by atoms with Crippen LogP contribution in [-0.4, -0.2) is 45.8 Å². The Morgan fingerprint density at radius 2 is 1.66 bits per heavy atom. The van der Waals surface area contributed by atoms with Gasteiger partial charge in [0.15, 0.2) is 0 Å². The number of hydrogen-bond acceptors (Lipinski definition) is 4. The summed E-state index contributed by atoms with van der Waals surface area (Å²) < 4.78 is 39.5. The Morgan fingerprint density at radius 3 is 2.24 bits per heavy atom. The predicted molar refractivity (Wildman–Crippen MR) is 107 cm³/mol. The summed E-state index contributed by atoms with van der Waals surface area (Å²) in [4.78, 5) is 25.3. The van der Waals surface area contributed by atoms with Gasteiger partial charge < -0.3 is 10.2 Å². The first-order valence-electron chi connectivity index (χ1n) is 9.03. The summed E-state index contributed by atoms with van der Waals surface area (Å²) in [7, 11) is -0.509. The van der Waals surface area contributed by atoms with Crippen LogP contribution < -0.4 is 10.0 Å². The van der Waals surface area contributed by atoms with Gasteiger partial charge in [0.25, 0.3) is 5.91 Å². The van der Waals surface area contributed by atoms with E-state index in [9.17, 15) is 22.4 Å². The fourth-order valence-electron chi connectivity index (χ4n) is 2.60. The molecule has 0 radical (unpaired) electrons. The fourth-order valence-corrected chi connectivity index (χ4v) is 3.68. The minimum atomic E-state index is -3.73. The van der Waals surface area contributed by atoms with Gasteiger partial charge >= 0.3 is 0 Å². The van der Waals surface area contributed by atoms with Crippen molar-refractivity contribution in [3.63, 3.8) is 0 Å². The Kier molecular flexibility index (Phi) is 7.86. The molecule has 0 fully saturated rings. The van der Waals surface area contributed by atoms with Gasteiger partial charge in [-0.2, -0.15) is 0 Å². The summed E-state index contributed by atoms with van der Waals surface area (Å²) in [5.41, 5.74) is 1.42. The predicted octanol–water partition coefficient (Wildman–Crippen LogP) is 1.90. The average molecular weight is 421 g/mol. The maximum absolute atomic E-state index is 12.9. The van der Waals surface area contributed by atoms with Crippen LogP contribution in [0, 0.1) is 5.82 Å². The minimum absolute atomic E-state index is 0.0254. The summed E-state index contributed by atoms with van der Waals surface area (Å²) in [6.45, 7) is 0.480. The topological polar surface area (TPSA) is 95.6 Å². The molecule has 2 rings (SSSR count). The first-order chi connectivity index (χ1) is 13.7. The van der Waals surface area contributed by atoms with E-state index in [0.29, 0.717) is 18.5 Å². The van der Waals surface area contributed by atoms with Crippen LogP contribution in [0.4, 0.5) is 4.39 Å². The van der Waals surface area contributed by atoms with Crippen molar-refractivity contribution in [2.24, 2.45) is 0 Å². The molecular weight excluding hydrogens is 397 g/mol. The maximum Gasteiger partial charge on any atom is 0.251 e. The molecule has 0 aromatic heterocycles. The number of carbonyl (C=O) groups is 2. The van der Waals surface area contributed by atoms with Gasteiger partial charge in [-0.15, -0.1) is 0 Å². The molecule has 0 saturated heterocycles. The lowest BCUT2D eigenvalue weighted by Gasteiger charge is -2.17. The monoisotopic (exact) mass is 421 g/mol. The van der Waals surface area contributed by atoms with Gasteiger partial charge in [-0.3, -0.25) is 9.59 Å². The van der Waals surface area contributed by atoms with Crippen LogP contribution in [-0.2, 0) is 21.4 Å². The Balaban J connectivity index is 1.78. The Bertz CT molecular complexity index is 945. The summed E-state index contributed by atoms with van der Waals surface area (Å²) >= 11 is 0. The van der Waals surface area contributed by atoms with Gasteiger partial charge in [0.1, 0.15) is 5.82 Å². The van der Waals surface area contributed by atoms with E-state index in [1.165, 1.54) is 12.1 Å². The second kappa shape index (κ2) is 10.1. The number of halogens is 1. The van der Waals surface area contributed by atoms with Crippen molar-refractivity contribution in [3.8, 4) is 0 Å². The molecule has 0 unspecified atom stereocenters. The quantitative estimate of drug-likeness (QED) is 0.605. The van der Waals surface area contributed by atoms with Crippen LogP contribution in [0.15, 0.2) is 53.4 Å². The van der Waals surface area contributed by atoms with Crippen molar-refractivity contribution in [3.05, 3.63) is 65.5 Å². The maximum atomic E-state index is 12.9. The molecule has 2 N–H and O–H groups in total. The van der Waals surface area contributed by atoms with Crippen LogP contribution in [0.2, 0.25) is 0 Å². The number of nitrogens with zero attached hydrogens (tertiary/aromatic N) is 1. The van der Waals surface area contributed by atoms with Gasteiger partial charge in [-0.05, 0) is 48.4 Å². The fraction of sp³-hybridized carbons (Fsp3) is 0.300. The molecule has 0 aliphatic heterocycles. The number of hydrogen-bond donors (Lipinski definition) is 2. The highest BCUT2D eigenvalue weighted by atomic mass is 32.2. The zero-order valence-corrected chi connectivity index (χ0v) is 17.1. The van der Waals surface area contributed by atoms with Crippen molar-refractivity contribution in [1.29, 1.82) is 0 Å². The lowest BCUT2D eigenvalue weighted by molar-refractivity contribution is -0.130. The van der Waals surface area contributed by atoms with E-state index < -0.39 is 15.8 Å². The number of nitrogens with one attached hydrogen (secondary N) is 2. The summed E-state index contributed by atoms with van der Waals surface area (Å²) in [6.07, 6.45) is 0.512. The second-order valence-corrected chi connectivity index (χ2v) is 8.25. The van der Waals surface area contributed by atoms with Crippen LogP contribution in [0.5, 0.6) is 0 Å². The molecule has 2 aromatic rings. The Morgan fingerprint density at radius 1 is 1.03 bits per heavy atom. The summed E-state index contributed by atoms with van der Waals surface area (Å²) in [5.74, 6) is -0.814. The second-order valence-electron chi connectivity index (χ2n) is 6.48. The van der Waals surface area contributed by atoms with Crippen molar-refractivity contribution >= 4 is 21.8 Å². The Labute approximate surface area is 170 Å². The highest BCUT2D eigenvalue weighted by Crippen LogP contribution is 2.10. The first kappa shape index (κ1) is 22.5. The molecule has 0 aliphatic rings. The molecule has 7 nitrogen and oxygen atoms in total. The van der Waals surface area contributed by atoms with Gasteiger partial charge in [0.2, 0.25) is 15.9 Å². The smallest absolute Gasteiger partial charge is 0.251 e. The van der Waals surface area contributed by atoms with Crippen molar-refractivity contribution in [2.45, 2.75) is 24.3 Å². The summed E-state index contributed by atoms with van der Waals surface area (Å²) in [5, 5.41) is 2.54. The van der Waals surface area contributed by atoms with E-state index in [4.69, 9.17) is 0 Å². The number of carbonyl (C=O) groups excluding carboxylic acids is 2. The number of sulfonamides is 1. The van der Waals surface area contributed by atoms with Gasteiger partial charge in [0, 0.05) is 39.2 Å². The van der Waals surface area contributed by atoms with Crippen LogP contribution in [0.1, 0.15) is 28.8 Å². The van der Waals surface area contributed by atoms with Gasteiger partial charge in [0.05, 0.1) is 4.90 Å². The van der Waals surface area contributed by atoms with Crippen molar-refractivity contribution in [1.82, 2.24) is 14.9 Å². The SMILES string of the molecule is CNC(=O)c1ccc(CN(C)C(=O)CCCNS(=O)(=O)c2ccc(F)cc2)cc1. The van der Waals surface area contributed by atoms with E-state index in [2.05, 4.69) is 10.0 Å². The zero-order chi connectivity index (χ0) is 21.4. The molecular formula is C20H24FN3O4S. The largest absolute Gasteiger partial charge is 0.355 e. The average Bonchev–Trinajstić information content (AvgIpc) is 2.71. The summed E-state index contributed by atoms with van der Waals surface area (Å²) in [6, 6.07) is 11.5. The van der Waals surface area contributed by atoms with Crippen molar-refractivity contribution < 1.29 is 22.4 Å². The molecule has 0 bridgehead atoms. The standard InChI is InChI=1S/C20H24FN3O4S/c1-22-20(26)16-7-5-15(6-8-16)14-24(2)19(25)4-3-13-23-29(27,28)18-11-9-17(21)10-12-18/h5-12,23H,3-4,13-14H2,1-2H3,(H,22,26). The van der Waals surface area contributed by atoms with E-state index in [0.717, 1.165) is 17.7 Å². The van der Waals surface area contributed by atoms with Crippen LogP contribution >= 0.6 is 0 Å². The molecule has 0 heterocycles. The molecule has 0 saturated carbocycles. The van der Waals surface area contributed by atoms with E-state index in [-0.39, 0.29) is 29.7 Å². The molecule has 156 valence electrons. The zero-order valence-electron chi connectivity index (χ0n) is 16.3. The lowest BCUT2D eigenvalue weighted by Crippen LogP contribution is -2.29. The molecule has 29 heavy (non-hydrogen) atoms. The minimum Gasteiger partial charge on any atom is -0.355 e. The molecule has 2 aromatic carbocycles. The normalized spacial score (nSPS) is 11.1. The highest BCUT2D eigenvalue weighted by molar-refractivity contribution is 7.89. The van der Waals surface area contributed by atoms with Crippen LogP contribution in [0.25, 0.3) is 0 Å². The molecule has 0 spiro atoms. The van der Waals surface area contributed by atoms with Gasteiger partial charge in [-0.25, -0.2) is 17.5 Å². The first-order valence-corrected chi connectivity index (χ1v) is 10.5. The number of amides is 2. The van der Waals surface area contributed by atoms with Crippen LogP contribution in [0.3, 0.4) is 0 Å². The third kappa shape index (κ3) is 6.65. The molecule has 9 heteroatoms. The molecule has 0 atom stereocenters. The van der Waals surface area contributed by atoms with E-state index in [1.54, 1.807) is 43.3 Å². The van der Waals surface area contributed by atoms with E-state index >= 15 is 0 Å². The number of benzene rings is 2. The van der Waals surface area contributed by atoms with Crippen molar-refractivity contribution in [2.75, 3.05) is 20.6 Å². The van der Waals surface area contributed by atoms with E-state index in [1.807, 2.05) is 0 Å².